The van der Waals surface area contributed by atoms with E-state index in [0.29, 0.717) is 10.9 Å². The summed E-state index contributed by atoms with van der Waals surface area (Å²) in [7, 11) is 1.74. The molecular formula is C22H18N4OS. The molecule has 2 aromatic carbocycles. The van der Waals surface area contributed by atoms with E-state index in [2.05, 4.69) is 10.2 Å². The summed E-state index contributed by atoms with van der Waals surface area (Å²) in [4.78, 5) is 16.6. The number of thioether (sulfide) groups is 1. The Hall–Kier alpha value is -3.25. The van der Waals surface area contributed by atoms with Gasteiger partial charge in [-0.2, -0.15) is 0 Å². The fourth-order valence-corrected chi connectivity index (χ4v) is 3.52. The van der Waals surface area contributed by atoms with Gasteiger partial charge in [0.25, 0.3) is 5.56 Å². The van der Waals surface area contributed by atoms with Gasteiger partial charge in [0.2, 0.25) is 5.16 Å². The van der Waals surface area contributed by atoms with Gasteiger partial charge in [-0.15, -0.1) is 10.2 Å². The number of nitrogens with zero attached hydrogens (tertiary/aromatic N) is 4. The highest BCUT2D eigenvalue weighted by molar-refractivity contribution is 7.98. The molecule has 0 bridgehead atoms. The minimum Gasteiger partial charge on any atom is -0.319 e. The van der Waals surface area contributed by atoms with Crippen molar-refractivity contribution in [2.45, 2.75) is 10.9 Å². The van der Waals surface area contributed by atoms with E-state index in [1.54, 1.807) is 23.9 Å². The van der Waals surface area contributed by atoms with Crippen molar-refractivity contribution in [1.82, 2.24) is 19.7 Å². The van der Waals surface area contributed by atoms with E-state index in [0.717, 1.165) is 28.1 Å². The van der Waals surface area contributed by atoms with Crippen LogP contribution in [0.1, 0.15) is 5.56 Å². The molecule has 5 nitrogen and oxygen atoms in total. The lowest BCUT2D eigenvalue weighted by Gasteiger charge is -2.09. The van der Waals surface area contributed by atoms with Gasteiger partial charge in [-0.3, -0.25) is 4.79 Å². The van der Waals surface area contributed by atoms with Crippen LogP contribution in [0.2, 0.25) is 0 Å². The van der Waals surface area contributed by atoms with Crippen LogP contribution in [-0.2, 0) is 12.8 Å². The second-order valence-electron chi connectivity index (χ2n) is 6.30. The summed E-state index contributed by atoms with van der Waals surface area (Å²) in [6.45, 7) is 0. The molecule has 138 valence electrons. The van der Waals surface area contributed by atoms with Crippen molar-refractivity contribution in [3.63, 3.8) is 0 Å². The van der Waals surface area contributed by atoms with Gasteiger partial charge in [0, 0.05) is 36.2 Å². The fraction of sp³-hybridized carbons (Fsp3) is 0.0909. The van der Waals surface area contributed by atoms with Crippen LogP contribution in [0.4, 0.5) is 0 Å². The first-order valence-electron chi connectivity index (χ1n) is 8.84. The van der Waals surface area contributed by atoms with Crippen LogP contribution in [0.5, 0.6) is 0 Å². The van der Waals surface area contributed by atoms with Crippen molar-refractivity contribution in [2.24, 2.45) is 7.05 Å². The minimum atomic E-state index is -0.0263. The Morgan fingerprint density at radius 2 is 1.50 bits per heavy atom. The summed E-state index contributed by atoms with van der Waals surface area (Å²) >= 11 is 1.47. The molecule has 0 spiro atoms. The molecule has 0 N–H and O–H groups in total. The van der Waals surface area contributed by atoms with E-state index in [9.17, 15) is 4.79 Å². The van der Waals surface area contributed by atoms with Crippen LogP contribution in [0.25, 0.3) is 22.5 Å². The molecule has 0 amide bonds. The molecule has 28 heavy (non-hydrogen) atoms. The largest absolute Gasteiger partial charge is 0.319 e. The van der Waals surface area contributed by atoms with Crippen LogP contribution < -0.4 is 5.56 Å². The average molecular weight is 386 g/mol. The van der Waals surface area contributed by atoms with E-state index >= 15 is 0 Å². The SMILES string of the molecule is Cn1ccc(CSc2nnc(-c3ccccc3)c(-c3ccccc3)n2)cc1=O. The normalized spacial score (nSPS) is 10.8. The lowest BCUT2D eigenvalue weighted by atomic mass is 10.0. The molecule has 0 aliphatic rings. The van der Waals surface area contributed by atoms with Gasteiger partial charge < -0.3 is 4.57 Å². The molecule has 0 saturated heterocycles. The van der Waals surface area contributed by atoms with Crippen LogP contribution in [0.15, 0.2) is 88.9 Å². The lowest BCUT2D eigenvalue weighted by molar-refractivity contribution is 0.846. The van der Waals surface area contributed by atoms with Gasteiger partial charge >= 0.3 is 0 Å². The Labute approximate surface area is 167 Å². The predicted octanol–water partition coefficient (Wildman–Crippen LogP) is 4.20. The molecule has 4 rings (SSSR count). The molecule has 2 heterocycles. The van der Waals surface area contributed by atoms with Gasteiger partial charge in [-0.1, -0.05) is 72.4 Å². The maximum absolute atomic E-state index is 11.8. The number of benzene rings is 2. The quantitative estimate of drug-likeness (QED) is 0.481. The number of hydrogen-bond acceptors (Lipinski definition) is 5. The average Bonchev–Trinajstić information content (AvgIpc) is 2.76. The monoisotopic (exact) mass is 386 g/mol. The molecule has 0 radical (unpaired) electrons. The van der Waals surface area contributed by atoms with Crippen molar-refractivity contribution in [1.29, 1.82) is 0 Å². The van der Waals surface area contributed by atoms with Crippen molar-refractivity contribution >= 4 is 11.8 Å². The number of aryl methyl sites for hydroxylation is 1. The van der Waals surface area contributed by atoms with E-state index in [1.807, 2.05) is 66.7 Å². The van der Waals surface area contributed by atoms with E-state index < -0.39 is 0 Å². The zero-order valence-electron chi connectivity index (χ0n) is 15.3. The maximum atomic E-state index is 11.8. The maximum Gasteiger partial charge on any atom is 0.250 e. The van der Waals surface area contributed by atoms with E-state index in [-0.39, 0.29) is 5.56 Å². The third-order valence-corrected chi connectivity index (χ3v) is 5.21. The highest BCUT2D eigenvalue weighted by Gasteiger charge is 2.13. The third kappa shape index (κ3) is 4.02. The molecule has 0 unspecified atom stereocenters. The molecule has 2 aromatic heterocycles. The summed E-state index contributed by atoms with van der Waals surface area (Å²) in [5.74, 6) is 0.608. The third-order valence-electron chi connectivity index (χ3n) is 4.30. The Bertz CT molecular complexity index is 1140. The van der Waals surface area contributed by atoms with Crippen LogP contribution >= 0.6 is 11.8 Å². The summed E-state index contributed by atoms with van der Waals surface area (Å²) in [5, 5.41) is 9.37. The van der Waals surface area contributed by atoms with Crippen LogP contribution in [0.3, 0.4) is 0 Å². The zero-order valence-corrected chi connectivity index (χ0v) is 16.1. The number of rotatable bonds is 5. The highest BCUT2D eigenvalue weighted by Crippen LogP contribution is 2.30. The number of aromatic nitrogens is 4. The smallest absolute Gasteiger partial charge is 0.250 e. The molecule has 0 atom stereocenters. The summed E-state index contributed by atoms with van der Waals surface area (Å²) in [6, 6.07) is 23.5. The first-order chi connectivity index (χ1) is 13.7. The lowest BCUT2D eigenvalue weighted by Crippen LogP contribution is -2.14. The van der Waals surface area contributed by atoms with Gasteiger partial charge in [-0.05, 0) is 11.6 Å². The van der Waals surface area contributed by atoms with Gasteiger partial charge in [0.1, 0.15) is 11.4 Å². The first-order valence-corrected chi connectivity index (χ1v) is 9.83. The molecule has 0 saturated carbocycles. The second kappa shape index (κ2) is 8.19. The molecule has 0 fully saturated rings. The Kier molecular flexibility index (Phi) is 5.30. The van der Waals surface area contributed by atoms with Gasteiger partial charge in [-0.25, -0.2) is 4.98 Å². The summed E-state index contributed by atoms with van der Waals surface area (Å²) in [6.07, 6.45) is 1.77. The predicted molar refractivity (Wildman–Crippen MR) is 112 cm³/mol. The number of hydrogen-bond donors (Lipinski definition) is 0. The number of pyridine rings is 1. The standard InChI is InChI=1S/C22H18N4OS/c1-26-13-12-16(14-19(26)27)15-28-22-23-20(17-8-4-2-5-9-17)21(24-25-22)18-10-6-3-7-11-18/h2-14H,15H2,1H3. The second-order valence-corrected chi connectivity index (χ2v) is 7.24. The van der Waals surface area contributed by atoms with Crippen molar-refractivity contribution < 1.29 is 0 Å². The van der Waals surface area contributed by atoms with Gasteiger partial charge in [0.05, 0.1) is 0 Å². The summed E-state index contributed by atoms with van der Waals surface area (Å²) in [5.41, 5.74) is 4.43. The Balaban J connectivity index is 1.68. The van der Waals surface area contributed by atoms with Crippen molar-refractivity contribution in [2.75, 3.05) is 0 Å². The first kappa shape index (κ1) is 18.1. The molecule has 0 aliphatic carbocycles. The van der Waals surface area contributed by atoms with E-state index in [4.69, 9.17) is 4.98 Å². The van der Waals surface area contributed by atoms with Crippen molar-refractivity contribution in [3.8, 4) is 22.5 Å². The molecule has 0 aliphatic heterocycles. The van der Waals surface area contributed by atoms with Crippen LogP contribution in [-0.4, -0.2) is 19.7 Å². The fourth-order valence-electron chi connectivity index (χ4n) is 2.79. The Morgan fingerprint density at radius 1 is 0.857 bits per heavy atom. The van der Waals surface area contributed by atoms with Crippen molar-refractivity contribution in [3.05, 3.63) is 94.9 Å². The highest BCUT2D eigenvalue weighted by atomic mass is 32.2. The molecular weight excluding hydrogens is 368 g/mol. The summed E-state index contributed by atoms with van der Waals surface area (Å²) < 4.78 is 1.55. The Morgan fingerprint density at radius 3 is 2.14 bits per heavy atom. The zero-order chi connectivity index (χ0) is 19.3. The molecule has 6 heteroatoms. The molecule has 4 aromatic rings. The minimum absolute atomic E-state index is 0.0263. The van der Waals surface area contributed by atoms with Gasteiger partial charge in [0.15, 0.2) is 0 Å². The van der Waals surface area contributed by atoms with Crippen LogP contribution in [0, 0.1) is 0 Å². The topological polar surface area (TPSA) is 60.7 Å². The van der Waals surface area contributed by atoms with E-state index in [1.165, 1.54) is 11.8 Å².